The van der Waals surface area contributed by atoms with E-state index in [1.807, 2.05) is 0 Å². The molecule has 1 aliphatic heterocycles. The van der Waals surface area contributed by atoms with Gasteiger partial charge in [-0.25, -0.2) is 24.9 Å². The molecule has 0 saturated carbocycles. The highest BCUT2D eigenvalue weighted by Crippen LogP contribution is 2.33. The molecule has 12 N–H and O–H groups in total. The molecule has 400 valence electrons. The zero-order valence-electron chi connectivity index (χ0n) is 41.7. The largest absolute Gasteiger partial charge is 0.443 e. The van der Waals surface area contributed by atoms with Crippen LogP contribution in [0, 0.1) is 13.8 Å². The highest BCUT2D eigenvalue weighted by Gasteiger charge is 2.37. The van der Waals surface area contributed by atoms with E-state index in [1.165, 1.54) is 65.1 Å². The minimum Gasteiger partial charge on any atom is -0.443 e. The molecule has 6 rings (SSSR count). The monoisotopic (exact) mass is 1080 g/mol. The van der Waals surface area contributed by atoms with Gasteiger partial charge in [-0.05, 0) is 53.7 Å². The molecule has 0 fully saturated rings. The Bertz CT molecular complexity index is 3420. The second-order valence-corrected chi connectivity index (χ2v) is 17.9. The number of thiazole rings is 1. The normalized spacial score (nSPS) is 17.8. The topological polar surface area (TPSA) is 420 Å². The first kappa shape index (κ1) is 56.3. The second-order valence-electron chi connectivity index (χ2n) is 17.0. The Kier molecular flexibility index (Phi) is 16.5. The van der Waals surface area contributed by atoms with E-state index in [4.69, 9.17) is 19.0 Å². The van der Waals surface area contributed by atoms with Crippen molar-refractivity contribution in [2.45, 2.75) is 65.3 Å². The number of hydrogen-bond acceptors (Lipinski definition) is 20. The summed E-state index contributed by atoms with van der Waals surface area (Å²) in [6.07, 6.45) is 0.890. The van der Waals surface area contributed by atoms with Crippen molar-refractivity contribution in [2.75, 3.05) is 0 Å². The van der Waals surface area contributed by atoms with Crippen LogP contribution in [-0.4, -0.2) is 112 Å². The number of carbonyl (C=O) groups is 9. The number of nitrogens with two attached hydrogens (primary N) is 1. The van der Waals surface area contributed by atoms with Crippen LogP contribution in [-0.2, 0) is 24.0 Å². The molecule has 0 saturated heterocycles. The van der Waals surface area contributed by atoms with Crippen LogP contribution in [0.3, 0.4) is 0 Å². The van der Waals surface area contributed by atoms with Crippen molar-refractivity contribution in [1.82, 2.24) is 67.5 Å². The number of aryl methyl sites for hydroxylation is 2. The number of rotatable bonds is 5. The molecule has 77 heavy (non-hydrogen) atoms. The zero-order valence-corrected chi connectivity index (χ0v) is 42.5. The van der Waals surface area contributed by atoms with Gasteiger partial charge in [0.1, 0.15) is 57.7 Å². The summed E-state index contributed by atoms with van der Waals surface area (Å²) in [5.41, 5.74) is -0.444. The molecule has 5 aromatic rings. The Balaban J connectivity index is 1.37. The molecular formula is C48H48N14O14S. The highest BCUT2D eigenvalue weighted by atomic mass is 32.1. The summed E-state index contributed by atoms with van der Waals surface area (Å²) < 4.78 is 16.8. The summed E-state index contributed by atoms with van der Waals surface area (Å²) in [6.45, 7) is 25.8. The third-order valence-corrected chi connectivity index (χ3v) is 11.5. The molecule has 28 nitrogen and oxygen atoms in total. The minimum atomic E-state index is -1.99. The summed E-state index contributed by atoms with van der Waals surface area (Å²) in [5.74, 6) is -10.4. The molecule has 1 aliphatic rings. The van der Waals surface area contributed by atoms with Crippen molar-refractivity contribution in [2.24, 2.45) is 5.73 Å². The van der Waals surface area contributed by atoms with Gasteiger partial charge < -0.3 is 71.7 Å². The Morgan fingerprint density at radius 3 is 1.92 bits per heavy atom. The first-order valence-electron chi connectivity index (χ1n) is 22.3. The summed E-state index contributed by atoms with van der Waals surface area (Å²) in [6, 6.07) is -0.785. The summed E-state index contributed by atoms with van der Waals surface area (Å²) in [7, 11) is 0. The van der Waals surface area contributed by atoms with Gasteiger partial charge >= 0.3 is 0 Å². The molecule has 9 amide bonds. The molecule has 3 atom stereocenters. The smallest absolute Gasteiger partial charge is 0.278 e. The predicted octanol–water partition coefficient (Wildman–Crippen LogP) is 0.468. The fraction of sp³-hybridized carbons (Fsp3) is 0.208. The Morgan fingerprint density at radius 2 is 1.32 bits per heavy atom. The van der Waals surface area contributed by atoms with Crippen LogP contribution in [0.5, 0.6) is 0 Å². The van der Waals surface area contributed by atoms with Crippen molar-refractivity contribution in [3.05, 3.63) is 132 Å². The lowest BCUT2D eigenvalue weighted by atomic mass is 9.97. The number of nitrogens with one attached hydrogen (secondary N) is 8. The number of fused-ring (bicyclic) bond motifs is 11. The van der Waals surface area contributed by atoms with Crippen LogP contribution in [0.2, 0.25) is 0 Å². The van der Waals surface area contributed by atoms with E-state index in [9.17, 15) is 53.4 Å². The average molecular weight is 1080 g/mol. The molecule has 0 spiro atoms. The fourth-order valence-corrected chi connectivity index (χ4v) is 7.43. The molecule has 29 heteroatoms. The lowest BCUT2D eigenvalue weighted by Crippen LogP contribution is -2.58. The summed E-state index contributed by atoms with van der Waals surface area (Å²) in [5, 5.41) is 41.7. The van der Waals surface area contributed by atoms with Crippen molar-refractivity contribution in [3.63, 3.8) is 0 Å². The van der Waals surface area contributed by atoms with Crippen molar-refractivity contribution >= 4 is 81.6 Å². The molecule has 8 bridgehead atoms. The average Bonchev–Trinajstić information content (AvgIpc) is 4.20. The lowest BCUT2D eigenvalue weighted by Gasteiger charge is -2.29. The van der Waals surface area contributed by atoms with Crippen molar-refractivity contribution in [3.8, 4) is 22.0 Å². The second kappa shape index (κ2) is 22.6. The minimum absolute atomic E-state index is 0.0877. The Morgan fingerprint density at radius 1 is 0.740 bits per heavy atom. The van der Waals surface area contributed by atoms with Gasteiger partial charge in [-0.15, -0.1) is 11.3 Å². The maximum absolute atomic E-state index is 13.7. The summed E-state index contributed by atoms with van der Waals surface area (Å²) in [4.78, 5) is 141. The van der Waals surface area contributed by atoms with Gasteiger partial charge in [-0.2, -0.15) is 0 Å². The van der Waals surface area contributed by atoms with Crippen LogP contribution >= 0.6 is 11.3 Å². The van der Waals surface area contributed by atoms with Gasteiger partial charge in [-0.3, -0.25) is 43.2 Å². The number of aromatic nitrogens is 5. The summed E-state index contributed by atoms with van der Waals surface area (Å²) >= 11 is 0.913. The maximum atomic E-state index is 13.7. The van der Waals surface area contributed by atoms with Crippen LogP contribution in [0.15, 0.2) is 93.1 Å². The Hall–Kier alpha value is -10.00. The zero-order chi connectivity index (χ0) is 57.0. The number of pyridine rings is 1. The first-order valence-corrected chi connectivity index (χ1v) is 23.1. The number of amides is 9. The molecule has 3 unspecified atom stereocenters. The molecule has 5 aromatic heterocycles. The number of oxazole rings is 3. The van der Waals surface area contributed by atoms with E-state index in [0.29, 0.717) is 0 Å². The van der Waals surface area contributed by atoms with E-state index in [-0.39, 0.29) is 85.1 Å². The first-order chi connectivity index (χ1) is 36.1. The quantitative estimate of drug-likeness (QED) is 0.107. The predicted molar refractivity (Wildman–Crippen MR) is 270 cm³/mol. The van der Waals surface area contributed by atoms with Gasteiger partial charge in [-0.1, -0.05) is 39.0 Å². The van der Waals surface area contributed by atoms with E-state index < -0.39 is 99.9 Å². The molecular weight excluding hydrogens is 1030 g/mol. The van der Waals surface area contributed by atoms with Gasteiger partial charge in [0.05, 0.1) is 45.9 Å². The SMILES string of the molecule is C=C(NC(=O)c1ccc2c(n1)-c1coc(n1)C(=C)NC(=O)C(=C)NC(=O)c1nc(oc1C)C(=C)NC(=O)C(C(C)(C)O)NC(=O)C(=C)NC(=O)c1nc(oc1C)C(=CC)NC(=O)C(C(C)O)NC(=O)c1csc-2n1)C(N)=O. The molecule has 0 aromatic carbocycles. The maximum Gasteiger partial charge on any atom is 0.278 e. The number of aliphatic hydroxyl groups excluding tert-OH is 1. The van der Waals surface area contributed by atoms with E-state index >= 15 is 0 Å². The third kappa shape index (κ3) is 12.9. The molecule has 0 aliphatic carbocycles. The Labute approximate surface area is 439 Å². The van der Waals surface area contributed by atoms with E-state index in [1.54, 1.807) is 0 Å². The van der Waals surface area contributed by atoms with Gasteiger partial charge in [0.2, 0.25) is 29.5 Å². The van der Waals surface area contributed by atoms with Crippen molar-refractivity contribution in [1.29, 1.82) is 0 Å². The number of allylic oxidation sites excluding steroid dienone is 1. The fourth-order valence-electron chi connectivity index (χ4n) is 6.60. The van der Waals surface area contributed by atoms with Gasteiger partial charge in [0, 0.05) is 10.9 Å². The van der Waals surface area contributed by atoms with Gasteiger partial charge in [0.15, 0.2) is 11.4 Å². The number of aliphatic hydroxyl groups is 2. The van der Waals surface area contributed by atoms with Crippen molar-refractivity contribution < 1.29 is 66.6 Å². The number of hydrogen-bond donors (Lipinski definition) is 11. The van der Waals surface area contributed by atoms with Crippen LogP contribution in [0.4, 0.5) is 0 Å². The van der Waals surface area contributed by atoms with Gasteiger partial charge in [0.25, 0.3) is 41.4 Å². The highest BCUT2D eigenvalue weighted by molar-refractivity contribution is 7.13. The lowest BCUT2D eigenvalue weighted by molar-refractivity contribution is -0.132. The number of primary amides is 1. The molecule has 6 heterocycles. The van der Waals surface area contributed by atoms with Crippen LogP contribution < -0.4 is 48.3 Å². The van der Waals surface area contributed by atoms with Crippen LogP contribution in [0.1, 0.15) is 98.8 Å². The molecule has 0 radical (unpaired) electrons. The third-order valence-electron chi connectivity index (χ3n) is 10.6. The van der Waals surface area contributed by atoms with E-state index in [0.717, 1.165) is 17.6 Å². The number of carbonyl (C=O) groups excluding carboxylic acids is 9. The van der Waals surface area contributed by atoms with Crippen LogP contribution in [0.25, 0.3) is 39.1 Å². The standard InChI is InChI=1S/C48H48N14O14S/c1-12-26-46-61-32(24(9)76-46)42(71)52-19(4)37(66)62-34(48(10,11)73)43(72)54-21(6)45-60-31(23(8)75-45)41(70)51-18(3)36(65)53-20(5)44-57-28(15-74-44)33-25(13-14-27(55-33)38(67)50-17(2)35(49)64)47-58-29(16-77-47)39(68)59-30(22(7)63)40(69)56-26/h12-16,22,30,34,63,73H,2-6H2,1,7-11H3,(H2,49,64)(H,50,67)(H,51,70)(H,52,71)(H,53,65)(H,54,72)(H,56,69)(H,59,68)(H,62,66). The van der Waals surface area contributed by atoms with E-state index in [2.05, 4.69) is 100 Å². The number of nitrogens with zero attached hydrogens (tertiary/aromatic N) is 5.